The Morgan fingerprint density at radius 3 is 2.76 bits per heavy atom. The van der Waals surface area contributed by atoms with Gasteiger partial charge < -0.3 is 0 Å². The molecule has 2 heterocycles. The first-order chi connectivity index (χ1) is 10.2. The third kappa shape index (κ3) is 2.99. The summed E-state index contributed by atoms with van der Waals surface area (Å²) in [5.41, 5.74) is -0.0320. The molecule has 21 heavy (non-hydrogen) atoms. The summed E-state index contributed by atoms with van der Waals surface area (Å²) >= 11 is 7.75. The molecule has 0 unspecified atom stereocenters. The molecule has 0 radical (unpaired) electrons. The molecule has 2 aromatic heterocycles. The minimum Gasteiger partial charge on any atom is -0.297 e. The largest absolute Gasteiger partial charge is 0.329 e. The van der Waals surface area contributed by atoms with Gasteiger partial charge in [0.25, 0.3) is 5.56 Å². The third-order valence-corrected chi connectivity index (χ3v) is 5.33. The lowest BCUT2D eigenvalue weighted by atomic mass is 10.0. The predicted octanol–water partition coefficient (Wildman–Crippen LogP) is 3.15. The number of aromatic nitrogens is 2. The molecule has 0 aliphatic heterocycles. The maximum atomic E-state index is 12.6. The van der Waals surface area contributed by atoms with Crippen molar-refractivity contribution in [1.29, 1.82) is 0 Å². The number of hydrogen-bond acceptors (Lipinski definition) is 3. The molecule has 6 heteroatoms. The van der Waals surface area contributed by atoms with Gasteiger partial charge in [-0.15, -0.1) is 11.3 Å². The Kier molecular flexibility index (Phi) is 4.31. The maximum Gasteiger partial charge on any atom is 0.329 e. The zero-order valence-electron chi connectivity index (χ0n) is 11.6. The van der Waals surface area contributed by atoms with Crippen molar-refractivity contribution in [3.05, 3.63) is 53.9 Å². The van der Waals surface area contributed by atoms with Gasteiger partial charge >= 0.3 is 5.69 Å². The second-order valence-electron chi connectivity index (χ2n) is 5.43. The van der Waals surface area contributed by atoms with E-state index >= 15 is 0 Å². The molecule has 1 fully saturated rings. The Morgan fingerprint density at radius 1 is 1.33 bits per heavy atom. The number of rotatable bonds is 4. The summed E-state index contributed by atoms with van der Waals surface area (Å²) in [5.74, 6) is 0.190. The molecule has 0 atom stereocenters. The van der Waals surface area contributed by atoms with Crippen LogP contribution in [-0.4, -0.2) is 9.55 Å². The van der Waals surface area contributed by atoms with Gasteiger partial charge in [-0.3, -0.25) is 14.3 Å². The molecule has 4 nitrogen and oxygen atoms in total. The van der Waals surface area contributed by atoms with Crippen molar-refractivity contribution in [2.45, 2.75) is 44.6 Å². The standard InChI is InChI=1S/C15H17ClN2O2S/c16-13-12(10-4-1-2-5-10)14(19)18(15(20)17-13)8-7-11-6-3-9-21-11/h3,6,9-10H,1-2,4-5,7-8H2,(H,17,20). The van der Waals surface area contributed by atoms with Gasteiger partial charge in [0, 0.05) is 11.4 Å². The first-order valence-electron chi connectivity index (χ1n) is 7.21. The molecular weight excluding hydrogens is 308 g/mol. The Hall–Kier alpha value is -1.33. The highest BCUT2D eigenvalue weighted by molar-refractivity contribution is 7.09. The van der Waals surface area contributed by atoms with Gasteiger partial charge in [-0.05, 0) is 36.6 Å². The molecule has 1 aliphatic carbocycles. The van der Waals surface area contributed by atoms with Crippen molar-refractivity contribution in [3.8, 4) is 0 Å². The lowest BCUT2D eigenvalue weighted by molar-refractivity contribution is 0.601. The van der Waals surface area contributed by atoms with Gasteiger partial charge in [0.05, 0.1) is 5.56 Å². The molecule has 0 spiro atoms. The van der Waals surface area contributed by atoms with Gasteiger partial charge in [-0.1, -0.05) is 30.5 Å². The van der Waals surface area contributed by atoms with Crippen molar-refractivity contribution in [3.63, 3.8) is 0 Å². The smallest absolute Gasteiger partial charge is 0.297 e. The van der Waals surface area contributed by atoms with E-state index in [2.05, 4.69) is 4.98 Å². The Balaban J connectivity index is 1.94. The van der Waals surface area contributed by atoms with E-state index in [1.807, 2.05) is 17.5 Å². The van der Waals surface area contributed by atoms with Crippen LogP contribution >= 0.6 is 22.9 Å². The lowest BCUT2D eigenvalue weighted by Crippen LogP contribution is -2.38. The van der Waals surface area contributed by atoms with Gasteiger partial charge in [0.1, 0.15) is 5.15 Å². The van der Waals surface area contributed by atoms with Crippen molar-refractivity contribution < 1.29 is 0 Å². The zero-order valence-corrected chi connectivity index (χ0v) is 13.2. The van der Waals surface area contributed by atoms with Gasteiger partial charge in [0.2, 0.25) is 0 Å². The van der Waals surface area contributed by atoms with Crippen LogP contribution in [0.5, 0.6) is 0 Å². The summed E-state index contributed by atoms with van der Waals surface area (Å²) in [7, 11) is 0. The maximum absolute atomic E-state index is 12.6. The topological polar surface area (TPSA) is 54.9 Å². The molecule has 2 aromatic rings. The fourth-order valence-electron chi connectivity index (χ4n) is 3.01. The van der Waals surface area contributed by atoms with Crippen LogP contribution in [0.2, 0.25) is 5.15 Å². The van der Waals surface area contributed by atoms with E-state index < -0.39 is 5.69 Å². The molecule has 1 saturated carbocycles. The average Bonchev–Trinajstić information content (AvgIpc) is 3.10. The monoisotopic (exact) mass is 324 g/mol. The summed E-state index contributed by atoms with van der Waals surface area (Å²) in [6, 6.07) is 3.98. The second-order valence-corrected chi connectivity index (χ2v) is 6.84. The first kappa shape index (κ1) is 14.6. The van der Waals surface area contributed by atoms with Crippen molar-refractivity contribution in [2.75, 3.05) is 0 Å². The van der Waals surface area contributed by atoms with Crippen LogP contribution in [0.4, 0.5) is 0 Å². The number of nitrogens with one attached hydrogen (secondary N) is 1. The third-order valence-electron chi connectivity index (χ3n) is 4.10. The van der Waals surface area contributed by atoms with Gasteiger partial charge in [-0.25, -0.2) is 4.79 Å². The van der Waals surface area contributed by atoms with Crippen LogP contribution in [-0.2, 0) is 13.0 Å². The molecule has 0 saturated heterocycles. The minimum absolute atomic E-state index is 0.190. The Morgan fingerprint density at radius 2 is 2.10 bits per heavy atom. The number of H-pyrrole nitrogens is 1. The molecule has 0 bridgehead atoms. The van der Waals surface area contributed by atoms with Gasteiger partial charge in [-0.2, -0.15) is 0 Å². The van der Waals surface area contributed by atoms with E-state index in [1.54, 1.807) is 11.3 Å². The lowest BCUT2D eigenvalue weighted by Gasteiger charge is -2.13. The normalized spacial score (nSPS) is 15.7. The van der Waals surface area contributed by atoms with Crippen LogP contribution in [0, 0.1) is 0 Å². The fourth-order valence-corrected chi connectivity index (χ4v) is 4.02. The van der Waals surface area contributed by atoms with Crippen molar-refractivity contribution >= 4 is 22.9 Å². The van der Waals surface area contributed by atoms with Crippen molar-refractivity contribution in [1.82, 2.24) is 9.55 Å². The van der Waals surface area contributed by atoms with Crippen LogP contribution in [0.15, 0.2) is 27.1 Å². The molecule has 1 N–H and O–H groups in total. The van der Waals surface area contributed by atoms with E-state index in [0.29, 0.717) is 18.5 Å². The zero-order chi connectivity index (χ0) is 14.8. The van der Waals surface area contributed by atoms with Gasteiger partial charge in [0.15, 0.2) is 0 Å². The molecule has 0 aromatic carbocycles. The second kappa shape index (κ2) is 6.20. The molecule has 0 amide bonds. The van der Waals surface area contributed by atoms with E-state index in [9.17, 15) is 9.59 Å². The van der Waals surface area contributed by atoms with Crippen molar-refractivity contribution in [2.24, 2.45) is 0 Å². The molecule has 1 aliphatic rings. The quantitative estimate of drug-likeness (QED) is 0.878. The molecule has 112 valence electrons. The number of halogens is 1. The summed E-state index contributed by atoms with van der Waals surface area (Å²) in [4.78, 5) is 28.4. The average molecular weight is 325 g/mol. The predicted molar refractivity (Wildman–Crippen MR) is 85.6 cm³/mol. The molecule has 3 rings (SSSR count). The Bertz CT molecular complexity index is 727. The molecular formula is C15H17ClN2O2S. The Labute approximate surface area is 131 Å². The van der Waals surface area contributed by atoms with E-state index in [-0.39, 0.29) is 16.6 Å². The first-order valence-corrected chi connectivity index (χ1v) is 8.47. The van der Waals surface area contributed by atoms with E-state index in [4.69, 9.17) is 11.6 Å². The van der Waals surface area contributed by atoms with Crippen LogP contribution < -0.4 is 11.2 Å². The van der Waals surface area contributed by atoms with Crippen LogP contribution in [0.25, 0.3) is 0 Å². The summed E-state index contributed by atoms with van der Waals surface area (Å²) in [5, 5.41) is 2.22. The van der Waals surface area contributed by atoms with Crippen LogP contribution in [0.3, 0.4) is 0 Å². The highest BCUT2D eigenvalue weighted by Crippen LogP contribution is 2.34. The summed E-state index contributed by atoms with van der Waals surface area (Å²) < 4.78 is 1.29. The fraction of sp³-hybridized carbons (Fsp3) is 0.467. The minimum atomic E-state index is -0.414. The number of nitrogens with zero attached hydrogens (tertiary/aromatic N) is 1. The van der Waals surface area contributed by atoms with Crippen LogP contribution in [0.1, 0.15) is 42.0 Å². The van der Waals surface area contributed by atoms with E-state index in [1.165, 1.54) is 9.44 Å². The number of thiophene rings is 1. The number of aromatic amines is 1. The SMILES string of the molecule is O=c1[nH]c(Cl)c(C2CCCC2)c(=O)n1CCc1cccs1. The summed E-state index contributed by atoms with van der Waals surface area (Å²) in [6.07, 6.45) is 4.88. The number of hydrogen-bond donors (Lipinski definition) is 1. The van der Waals surface area contributed by atoms with E-state index in [0.717, 1.165) is 25.7 Å². The summed E-state index contributed by atoms with van der Waals surface area (Å²) in [6.45, 7) is 0.394. The highest BCUT2D eigenvalue weighted by Gasteiger charge is 2.24. The number of aryl methyl sites for hydroxylation is 1. The highest BCUT2D eigenvalue weighted by atomic mass is 35.5.